The van der Waals surface area contributed by atoms with Gasteiger partial charge in [-0.05, 0) is 43.9 Å². The smallest absolute Gasteiger partial charge is 0.325 e. The van der Waals surface area contributed by atoms with E-state index in [0.29, 0.717) is 12.0 Å². The number of hydrogen-bond acceptors (Lipinski definition) is 2. The number of carbonyl (C=O) groups excluding carboxylic acids is 1. The van der Waals surface area contributed by atoms with E-state index in [1.54, 1.807) is 0 Å². The third-order valence-corrected chi connectivity index (χ3v) is 3.65. The molecule has 0 spiro atoms. The molecule has 2 aliphatic carbocycles. The average molecular weight is 226 g/mol. The number of amides is 2. The summed E-state index contributed by atoms with van der Waals surface area (Å²) in [6, 6.07) is -1.21. The Hall–Kier alpha value is -1.26. The SMILES string of the molecule is C[C@H](NC(=O)NCC1(C2CC2)CC1)C(=O)O. The quantitative estimate of drug-likeness (QED) is 0.653. The van der Waals surface area contributed by atoms with Crippen LogP contribution in [0.5, 0.6) is 0 Å². The van der Waals surface area contributed by atoms with Crippen LogP contribution in [0.25, 0.3) is 0 Å². The van der Waals surface area contributed by atoms with Crippen LogP contribution in [-0.4, -0.2) is 29.7 Å². The number of rotatable bonds is 5. The molecular formula is C11H18N2O3. The fourth-order valence-corrected chi connectivity index (χ4v) is 2.15. The second kappa shape index (κ2) is 3.96. The molecule has 1 atom stereocenters. The first-order chi connectivity index (χ1) is 7.53. The van der Waals surface area contributed by atoms with Gasteiger partial charge in [0.1, 0.15) is 6.04 Å². The number of nitrogens with one attached hydrogen (secondary N) is 2. The molecule has 3 N–H and O–H groups in total. The van der Waals surface area contributed by atoms with Crippen LogP contribution in [0.15, 0.2) is 0 Å². The van der Waals surface area contributed by atoms with Crippen molar-refractivity contribution < 1.29 is 14.7 Å². The van der Waals surface area contributed by atoms with Crippen LogP contribution in [0.3, 0.4) is 0 Å². The first kappa shape index (κ1) is 11.2. The molecule has 2 fully saturated rings. The van der Waals surface area contributed by atoms with Crippen LogP contribution in [0.1, 0.15) is 32.6 Å². The minimum atomic E-state index is -1.02. The normalized spacial score (nSPS) is 23.3. The van der Waals surface area contributed by atoms with Gasteiger partial charge in [0.05, 0.1) is 0 Å². The highest BCUT2D eigenvalue weighted by Crippen LogP contribution is 2.60. The summed E-state index contributed by atoms with van der Waals surface area (Å²) in [4.78, 5) is 21.9. The van der Waals surface area contributed by atoms with E-state index in [1.807, 2.05) is 0 Å². The second-order valence-electron chi connectivity index (χ2n) is 5.02. The zero-order valence-corrected chi connectivity index (χ0v) is 9.45. The van der Waals surface area contributed by atoms with Crippen LogP contribution >= 0.6 is 0 Å². The molecule has 16 heavy (non-hydrogen) atoms. The van der Waals surface area contributed by atoms with Crippen LogP contribution < -0.4 is 10.6 Å². The monoisotopic (exact) mass is 226 g/mol. The standard InChI is InChI=1S/C11H18N2O3/c1-7(9(14)15)13-10(16)12-6-11(4-5-11)8-2-3-8/h7-8H,2-6H2,1H3,(H,14,15)(H2,12,13,16)/t7-/m0/s1. The van der Waals surface area contributed by atoms with Crippen molar-refractivity contribution in [1.82, 2.24) is 10.6 Å². The van der Waals surface area contributed by atoms with Crippen molar-refractivity contribution >= 4 is 12.0 Å². The van der Waals surface area contributed by atoms with Crippen molar-refractivity contribution in [1.29, 1.82) is 0 Å². The predicted octanol–water partition coefficient (Wildman–Crippen LogP) is 0.949. The molecule has 2 aliphatic rings. The van der Waals surface area contributed by atoms with Crippen molar-refractivity contribution in [3.05, 3.63) is 0 Å². The number of hydrogen-bond donors (Lipinski definition) is 3. The van der Waals surface area contributed by atoms with Crippen molar-refractivity contribution in [2.45, 2.75) is 38.6 Å². The first-order valence-electron chi connectivity index (χ1n) is 5.81. The lowest BCUT2D eigenvalue weighted by molar-refractivity contribution is -0.138. The minimum Gasteiger partial charge on any atom is -0.480 e. The van der Waals surface area contributed by atoms with E-state index in [-0.39, 0.29) is 6.03 Å². The summed E-state index contributed by atoms with van der Waals surface area (Å²) in [6.45, 7) is 2.14. The zero-order chi connectivity index (χ0) is 11.8. The molecule has 0 heterocycles. The molecule has 2 amide bonds. The maximum absolute atomic E-state index is 11.4. The lowest BCUT2D eigenvalue weighted by Gasteiger charge is -2.16. The zero-order valence-electron chi connectivity index (χ0n) is 9.45. The van der Waals surface area contributed by atoms with Gasteiger partial charge in [-0.15, -0.1) is 0 Å². The Morgan fingerprint density at radius 1 is 1.44 bits per heavy atom. The Morgan fingerprint density at radius 3 is 2.50 bits per heavy atom. The molecule has 0 saturated heterocycles. The Balaban J connectivity index is 1.69. The van der Waals surface area contributed by atoms with Gasteiger partial charge >= 0.3 is 12.0 Å². The van der Waals surface area contributed by atoms with E-state index in [4.69, 9.17) is 5.11 Å². The van der Waals surface area contributed by atoms with E-state index < -0.39 is 12.0 Å². The van der Waals surface area contributed by atoms with E-state index >= 15 is 0 Å². The van der Waals surface area contributed by atoms with E-state index in [9.17, 15) is 9.59 Å². The van der Waals surface area contributed by atoms with Gasteiger partial charge in [-0.2, -0.15) is 0 Å². The van der Waals surface area contributed by atoms with E-state index in [2.05, 4.69) is 10.6 Å². The van der Waals surface area contributed by atoms with Crippen LogP contribution in [0.4, 0.5) is 4.79 Å². The summed E-state index contributed by atoms with van der Waals surface area (Å²) in [5, 5.41) is 13.8. The van der Waals surface area contributed by atoms with E-state index in [1.165, 1.54) is 32.6 Å². The topological polar surface area (TPSA) is 78.4 Å². The molecule has 5 nitrogen and oxygen atoms in total. The molecule has 0 aromatic heterocycles. The lowest BCUT2D eigenvalue weighted by Crippen LogP contribution is -2.46. The van der Waals surface area contributed by atoms with Gasteiger partial charge in [0, 0.05) is 6.54 Å². The molecule has 0 aromatic rings. The van der Waals surface area contributed by atoms with Gasteiger partial charge < -0.3 is 15.7 Å². The average Bonchev–Trinajstić information content (AvgIpc) is 3.06. The summed E-state index contributed by atoms with van der Waals surface area (Å²) < 4.78 is 0. The van der Waals surface area contributed by atoms with Gasteiger partial charge in [-0.25, -0.2) is 4.79 Å². The van der Waals surface area contributed by atoms with Crippen LogP contribution in [0.2, 0.25) is 0 Å². The number of carboxylic acids is 1. The maximum atomic E-state index is 11.4. The fraction of sp³-hybridized carbons (Fsp3) is 0.818. The number of aliphatic carboxylic acids is 1. The molecule has 5 heteroatoms. The van der Waals surface area contributed by atoms with Crippen molar-refractivity contribution in [3.8, 4) is 0 Å². The minimum absolute atomic E-state index is 0.351. The fourth-order valence-electron chi connectivity index (χ4n) is 2.15. The molecule has 2 saturated carbocycles. The summed E-state index contributed by atoms with van der Waals surface area (Å²) >= 11 is 0. The van der Waals surface area contributed by atoms with Crippen LogP contribution in [0, 0.1) is 11.3 Å². The van der Waals surface area contributed by atoms with Gasteiger partial charge in [0.25, 0.3) is 0 Å². The number of urea groups is 1. The molecule has 2 rings (SSSR count). The molecule has 0 bridgehead atoms. The Bertz CT molecular complexity index is 308. The number of carbonyl (C=O) groups is 2. The molecule has 0 unspecified atom stereocenters. The maximum Gasteiger partial charge on any atom is 0.325 e. The first-order valence-corrected chi connectivity index (χ1v) is 5.81. The summed E-state index contributed by atoms with van der Waals surface area (Å²) in [7, 11) is 0. The van der Waals surface area contributed by atoms with Crippen molar-refractivity contribution in [2.75, 3.05) is 6.54 Å². The summed E-state index contributed by atoms with van der Waals surface area (Å²) in [6.07, 6.45) is 4.97. The highest BCUT2D eigenvalue weighted by Gasteiger charge is 2.53. The van der Waals surface area contributed by atoms with Crippen molar-refractivity contribution in [2.24, 2.45) is 11.3 Å². The highest BCUT2D eigenvalue weighted by atomic mass is 16.4. The Labute approximate surface area is 94.6 Å². The summed E-state index contributed by atoms with van der Waals surface area (Å²) in [5.74, 6) is -0.219. The predicted molar refractivity (Wildman–Crippen MR) is 58.0 cm³/mol. The lowest BCUT2D eigenvalue weighted by atomic mass is 10.0. The Kier molecular flexibility index (Phi) is 2.78. The molecule has 90 valence electrons. The summed E-state index contributed by atoms with van der Waals surface area (Å²) in [5.41, 5.74) is 0.351. The highest BCUT2D eigenvalue weighted by molar-refractivity contribution is 5.82. The van der Waals surface area contributed by atoms with Crippen LogP contribution in [-0.2, 0) is 4.79 Å². The molecule has 0 aliphatic heterocycles. The number of carboxylic acid groups (broad SMARTS) is 1. The van der Waals surface area contributed by atoms with E-state index in [0.717, 1.165) is 5.92 Å². The van der Waals surface area contributed by atoms with Gasteiger partial charge in [-0.3, -0.25) is 4.79 Å². The Morgan fingerprint density at radius 2 is 2.06 bits per heavy atom. The third-order valence-electron chi connectivity index (χ3n) is 3.65. The van der Waals surface area contributed by atoms with Gasteiger partial charge in [-0.1, -0.05) is 0 Å². The van der Waals surface area contributed by atoms with Gasteiger partial charge in [0.2, 0.25) is 0 Å². The molecule has 0 radical (unpaired) electrons. The molecule has 0 aromatic carbocycles. The van der Waals surface area contributed by atoms with Gasteiger partial charge in [0.15, 0.2) is 0 Å². The second-order valence-corrected chi connectivity index (χ2v) is 5.02. The molecular weight excluding hydrogens is 208 g/mol. The largest absolute Gasteiger partial charge is 0.480 e. The third kappa shape index (κ3) is 2.46. The van der Waals surface area contributed by atoms with Crippen molar-refractivity contribution in [3.63, 3.8) is 0 Å².